The molecule has 0 rings (SSSR count). The Morgan fingerprint density at radius 2 is 0.921 bits per heavy atom. The van der Waals surface area contributed by atoms with E-state index in [9.17, 15) is 19.0 Å². The number of aliphatic carboxylic acids is 1. The van der Waals surface area contributed by atoms with Crippen LogP contribution >= 0.6 is 7.82 Å². The van der Waals surface area contributed by atoms with Gasteiger partial charge < -0.3 is 25.2 Å². The summed E-state index contributed by atoms with van der Waals surface area (Å²) < 4.78 is 33.4. The van der Waals surface area contributed by atoms with Crippen molar-refractivity contribution in [3.8, 4) is 0 Å². The highest BCUT2D eigenvalue weighted by atomic mass is 31.2. The van der Waals surface area contributed by atoms with Crippen LogP contribution in [0.25, 0.3) is 0 Å². The minimum Gasteiger partial charge on any atom is -0.480 e. The van der Waals surface area contributed by atoms with Crippen LogP contribution in [-0.2, 0) is 32.7 Å². The van der Waals surface area contributed by atoms with Crippen molar-refractivity contribution in [2.75, 3.05) is 26.4 Å². The first kappa shape index (κ1) is 60.4. The normalized spacial score (nSPS) is 14.3. The van der Waals surface area contributed by atoms with E-state index in [0.717, 1.165) is 70.6 Å². The van der Waals surface area contributed by atoms with Gasteiger partial charge in [0.1, 0.15) is 12.1 Å². The van der Waals surface area contributed by atoms with Gasteiger partial charge in [-0.05, 0) is 64.2 Å². The fraction of sp³-hybridized carbons (Fsp3) is 0.731. The van der Waals surface area contributed by atoms with Crippen LogP contribution in [0.5, 0.6) is 0 Å². The first-order valence-corrected chi connectivity index (χ1v) is 26.5. The predicted molar refractivity (Wildman–Crippen MR) is 263 cm³/mol. The smallest absolute Gasteiger partial charge is 0.472 e. The number of hydrogen-bond donors (Lipinski definition) is 3. The second kappa shape index (κ2) is 47.4. The van der Waals surface area contributed by atoms with E-state index in [0.29, 0.717) is 13.0 Å². The van der Waals surface area contributed by atoms with Crippen molar-refractivity contribution in [2.45, 2.75) is 219 Å². The molecule has 63 heavy (non-hydrogen) atoms. The van der Waals surface area contributed by atoms with Crippen LogP contribution in [0.15, 0.2) is 72.9 Å². The third kappa shape index (κ3) is 47.2. The largest absolute Gasteiger partial charge is 0.480 e. The minimum atomic E-state index is -4.64. The van der Waals surface area contributed by atoms with E-state index in [1.807, 2.05) is 0 Å². The van der Waals surface area contributed by atoms with Gasteiger partial charge in [0.15, 0.2) is 0 Å². The molecule has 0 bridgehead atoms. The summed E-state index contributed by atoms with van der Waals surface area (Å²) in [6.45, 7) is 3.73. The second-order valence-electron chi connectivity index (χ2n) is 16.6. The van der Waals surface area contributed by atoms with Gasteiger partial charge in [-0.15, -0.1) is 0 Å². The third-order valence-electron chi connectivity index (χ3n) is 10.5. The number of unbranched alkanes of at least 4 members (excludes halogenated alkanes) is 21. The molecule has 0 aromatic heterocycles. The van der Waals surface area contributed by atoms with Gasteiger partial charge >= 0.3 is 19.8 Å². The molecule has 0 aromatic rings. The Labute approximate surface area is 384 Å². The van der Waals surface area contributed by atoms with Gasteiger partial charge in [0, 0.05) is 13.0 Å². The fourth-order valence-electron chi connectivity index (χ4n) is 6.67. The number of carboxylic acid groups (broad SMARTS) is 1. The van der Waals surface area contributed by atoms with Crippen molar-refractivity contribution in [2.24, 2.45) is 5.73 Å². The van der Waals surface area contributed by atoms with Crippen molar-refractivity contribution < 1.29 is 42.7 Å². The molecule has 0 aliphatic heterocycles. The zero-order chi connectivity index (χ0) is 46.2. The van der Waals surface area contributed by atoms with Crippen molar-refractivity contribution in [1.82, 2.24) is 0 Å². The lowest BCUT2D eigenvalue weighted by Crippen LogP contribution is -2.34. The highest BCUT2D eigenvalue weighted by Crippen LogP contribution is 2.43. The molecule has 0 fully saturated rings. The van der Waals surface area contributed by atoms with Crippen molar-refractivity contribution >= 4 is 19.8 Å². The monoisotopic (exact) mass is 906 g/mol. The maximum absolute atomic E-state index is 12.7. The van der Waals surface area contributed by atoms with E-state index >= 15 is 0 Å². The van der Waals surface area contributed by atoms with Crippen LogP contribution in [0, 0.1) is 0 Å². The molecule has 0 heterocycles. The summed E-state index contributed by atoms with van der Waals surface area (Å²) in [5, 5.41) is 8.92. The zero-order valence-electron chi connectivity index (χ0n) is 39.9. The predicted octanol–water partition coefficient (Wildman–Crippen LogP) is 14.5. The Kier molecular flexibility index (Phi) is 45.4. The standard InChI is InChI=1S/C52H92NO9P/c1-3-5-7-9-11-13-15-17-19-21-23-25-26-28-30-32-34-36-38-40-42-44-51(54)62-49(47-60-63(57,58)61-48-50(53)52(55)56)46-59-45-43-41-39-37-35-33-31-29-27-24-22-20-18-16-14-12-10-8-6-4-2/h5,7,11,13,17,19,23,25,28,30,34,36,49-50H,3-4,6,8-10,12,14-16,18,20-22,24,26-27,29,31-33,35,37-48,53H2,1-2H3,(H,55,56)(H,57,58)/b7-5-,13-11-,19-17-,25-23-,30-28-,36-34-. The topological polar surface area (TPSA) is 155 Å². The third-order valence-corrected chi connectivity index (χ3v) is 11.5. The Morgan fingerprint density at radius 1 is 0.524 bits per heavy atom. The quantitative estimate of drug-likeness (QED) is 0.0233. The molecular weight excluding hydrogens is 814 g/mol. The number of carbonyl (C=O) groups is 2. The maximum atomic E-state index is 12.7. The molecule has 3 atom stereocenters. The second-order valence-corrected chi connectivity index (χ2v) is 18.0. The van der Waals surface area contributed by atoms with Gasteiger partial charge in [-0.25, -0.2) is 4.57 Å². The Hall–Kier alpha value is -2.59. The zero-order valence-corrected chi connectivity index (χ0v) is 40.8. The first-order valence-electron chi connectivity index (χ1n) is 25.0. The van der Waals surface area contributed by atoms with E-state index in [1.54, 1.807) is 0 Å². The van der Waals surface area contributed by atoms with Gasteiger partial charge in [-0.1, -0.05) is 209 Å². The Balaban J connectivity index is 4.24. The van der Waals surface area contributed by atoms with Gasteiger partial charge in [-0.2, -0.15) is 0 Å². The SMILES string of the molecule is CC/C=C\C/C=C\C/C=C\C/C=C\C/C=C\C/C=C\CCCCC(=O)OC(COCCCCCCCCCCCCCCCCCCCCCC)COP(=O)(O)OCC(N)C(=O)O. The van der Waals surface area contributed by atoms with Gasteiger partial charge in [0.05, 0.1) is 19.8 Å². The molecule has 364 valence electrons. The number of allylic oxidation sites excluding steroid dienone is 12. The highest BCUT2D eigenvalue weighted by molar-refractivity contribution is 7.47. The van der Waals surface area contributed by atoms with E-state index in [-0.39, 0.29) is 13.0 Å². The van der Waals surface area contributed by atoms with Crippen molar-refractivity contribution in [1.29, 1.82) is 0 Å². The van der Waals surface area contributed by atoms with Gasteiger partial charge in [0.25, 0.3) is 0 Å². The lowest BCUT2D eigenvalue weighted by molar-refractivity contribution is -0.154. The Bertz CT molecular complexity index is 1280. The summed E-state index contributed by atoms with van der Waals surface area (Å²) >= 11 is 0. The lowest BCUT2D eigenvalue weighted by Gasteiger charge is -2.20. The summed E-state index contributed by atoms with van der Waals surface area (Å²) in [6.07, 6.45) is 59.6. The number of carboxylic acids is 1. The first-order chi connectivity index (χ1) is 30.7. The molecule has 0 aliphatic rings. The summed E-state index contributed by atoms with van der Waals surface area (Å²) in [6, 6.07) is -1.48. The summed E-state index contributed by atoms with van der Waals surface area (Å²) in [4.78, 5) is 33.7. The van der Waals surface area contributed by atoms with Crippen LogP contribution in [0.2, 0.25) is 0 Å². The van der Waals surface area contributed by atoms with E-state index in [4.69, 9.17) is 29.4 Å². The highest BCUT2D eigenvalue weighted by Gasteiger charge is 2.27. The molecule has 0 aromatic carbocycles. The molecule has 0 saturated carbocycles. The average molecular weight is 906 g/mol. The fourth-order valence-corrected chi connectivity index (χ4v) is 7.44. The molecular formula is C52H92NO9P. The molecule has 4 N–H and O–H groups in total. The van der Waals surface area contributed by atoms with Crippen LogP contribution < -0.4 is 5.73 Å². The number of hydrogen-bond acceptors (Lipinski definition) is 8. The molecule has 3 unspecified atom stereocenters. The Morgan fingerprint density at radius 3 is 1.35 bits per heavy atom. The van der Waals surface area contributed by atoms with Crippen LogP contribution in [-0.4, -0.2) is 60.5 Å². The number of nitrogens with two attached hydrogens (primary N) is 1. The molecule has 0 spiro atoms. The number of carbonyl (C=O) groups excluding carboxylic acids is 1. The molecule has 0 radical (unpaired) electrons. The van der Waals surface area contributed by atoms with Gasteiger partial charge in [-0.3, -0.25) is 18.6 Å². The van der Waals surface area contributed by atoms with E-state index in [1.165, 1.54) is 109 Å². The lowest BCUT2D eigenvalue weighted by atomic mass is 10.0. The molecule has 0 aliphatic carbocycles. The molecule has 10 nitrogen and oxygen atoms in total. The van der Waals surface area contributed by atoms with E-state index in [2.05, 4.69) is 86.8 Å². The van der Waals surface area contributed by atoms with Crippen molar-refractivity contribution in [3.63, 3.8) is 0 Å². The van der Waals surface area contributed by atoms with Crippen LogP contribution in [0.1, 0.15) is 206 Å². The van der Waals surface area contributed by atoms with Crippen LogP contribution in [0.4, 0.5) is 0 Å². The number of phosphoric ester groups is 1. The molecule has 0 saturated heterocycles. The summed E-state index contributed by atoms with van der Waals surface area (Å²) in [7, 11) is -4.64. The van der Waals surface area contributed by atoms with E-state index < -0.39 is 45.1 Å². The minimum absolute atomic E-state index is 0.00194. The van der Waals surface area contributed by atoms with Gasteiger partial charge in [0.2, 0.25) is 0 Å². The maximum Gasteiger partial charge on any atom is 0.472 e. The number of esters is 1. The van der Waals surface area contributed by atoms with Crippen LogP contribution in [0.3, 0.4) is 0 Å². The molecule has 0 amide bonds. The summed E-state index contributed by atoms with van der Waals surface area (Å²) in [5.41, 5.74) is 5.37. The number of rotatable bonds is 47. The number of ether oxygens (including phenoxy) is 2. The van der Waals surface area contributed by atoms with Crippen molar-refractivity contribution in [3.05, 3.63) is 72.9 Å². The summed E-state index contributed by atoms with van der Waals surface area (Å²) in [5.74, 6) is -1.82. The number of phosphoric acid groups is 1. The average Bonchev–Trinajstić information content (AvgIpc) is 3.26. The molecule has 11 heteroatoms.